The lowest BCUT2D eigenvalue weighted by Gasteiger charge is -2.01. The van der Waals surface area contributed by atoms with Crippen molar-refractivity contribution in [1.29, 1.82) is 0 Å². The second-order valence-electron chi connectivity index (χ2n) is 3.61. The third-order valence-corrected chi connectivity index (χ3v) is 2.44. The van der Waals surface area contributed by atoms with Gasteiger partial charge in [0.1, 0.15) is 0 Å². The summed E-state index contributed by atoms with van der Waals surface area (Å²) in [4.78, 5) is 4.21. The molecule has 4 nitrogen and oxygen atoms in total. The van der Waals surface area contributed by atoms with E-state index in [0.717, 1.165) is 17.0 Å². The maximum atomic E-state index is 5.29. The van der Waals surface area contributed by atoms with Gasteiger partial charge < -0.3 is 4.74 Å². The fraction of sp³-hybridized carbons (Fsp3) is 0.333. The molecule has 0 aliphatic rings. The van der Waals surface area contributed by atoms with Gasteiger partial charge in [-0.1, -0.05) is 0 Å². The maximum absolute atomic E-state index is 5.29. The summed E-state index contributed by atoms with van der Waals surface area (Å²) in [5.74, 6) is 0.652. The second kappa shape index (κ2) is 4.35. The van der Waals surface area contributed by atoms with Crippen LogP contribution in [0.2, 0.25) is 0 Å². The molecule has 2 rings (SSSR count). The van der Waals surface area contributed by atoms with Crippen molar-refractivity contribution in [2.45, 2.75) is 13.8 Å². The summed E-state index contributed by atoms with van der Waals surface area (Å²) < 4.78 is 7.14. The van der Waals surface area contributed by atoms with Gasteiger partial charge in [-0.3, -0.25) is 4.68 Å². The van der Waals surface area contributed by atoms with Gasteiger partial charge in [-0.2, -0.15) is 5.10 Å². The molecule has 4 heteroatoms. The van der Waals surface area contributed by atoms with Gasteiger partial charge in [-0.25, -0.2) is 4.98 Å². The van der Waals surface area contributed by atoms with Crippen molar-refractivity contribution >= 4 is 0 Å². The molecule has 0 bridgehead atoms. The summed E-state index contributed by atoms with van der Waals surface area (Å²) >= 11 is 0. The molecule has 0 amide bonds. The molecule has 0 unspecified atom stereocenters. The molecule has 0 N–H and O–H groups in total. The van der Waals surface area contributed by atoms with Gasteiger partial charge in [0.05, 0.1) is 12.3 Å². The number of aryl methyl sites for hydroxylation is 2. The van der Waals surface area contributed by atoms with Crippen molar-refractivity contribution in [3.8, 4) is 17.1 Å². The molecule has 0 radical (unpaired) electrons. The smallest absolute Gasteiger partial charge is 0.213 e. The quantitative estimate of drug-likeness (QED) is 0.791. The Bertz CT molecular complexity index is 454. The van der Waals surface area contributed by atoms with E-state index >= 15 is 0 Å². The first kappa shape index (κ1) is 10.7. The highest BCUT2D eigenvalue weighted by Gasteiger charge is 2.04. The van der Waals surface area contributed by atoms with E-state index in [1.54, 1.807) is 6.20 Å². The Kier molecular flexibility index (Phi) is 2.90. The van der Waals surface area contributed by atoms with E-state index in [-0.39, 0.29) is 0 Å². The Labute approximate surface area is 94.9 Å². The topological polar surface area (TPSA) is 39.9 Å². The first-order chi connectivity index (χ1) is 7.70. The molecule has 2 aromatic heterocycles. The van der Waals surface area contributed by atoms with Crippen LogP contribution in [0.3, 0.4) is 0 Å². The molecule has 2 aromatic rings. The van der Waals surface area contributed by atoms with Crippen LogP contribution in [-0.2, 0) is 7.05 Å². The average molecular weight is 217 g/mol. The Morgan fingerprint density at radius 2 is 2.19 bits per heavy atom. The molecular weight excluding hydrogens is 202 g/mol. The normalized spacial score (nSPS) is 10.4. The number of ether oxygens (including phenoxy) is 1. The number of hydrogen-bond acceptors (Lipinski definition) is 3. The van der Waals surface area contributed by atoms with Gasteiger partial charge in [-0.05, 0) is 26.0 Å². The van der Waals surface area contributed by atoms with Crippen LogP contribution < -0.4 is 4.74 Å². The third kappa shape index (κ3) is 2.05. The highest BCUT2D eigenvalue weighted by atomic mass is 16.5. The van der Waals surface area contributed by atoms with Gasteiger partial charge >= 0.3 is 0 Å². The monoisotopic (exact) mass is 217 g/mol. The molecule has 84 valence electrons. The summed E-state index contributed by atoms with van der Waals surface area (Å²) in [6.45, 7) is 4.60. The Balaban J connectivity index is 2.27. The Morgan fingerprint density at radius 3 is 2.69 bits per heavy atom. The molecule has 0 saturated carbocycles. The molecular formula is C12H15N3O. The minimum absolute atomic E-state index is 0.634. The maximum Gasteiger partial charge on any atom is 0.213 e. The number of aromatic nitrogens is 3. The predicted molar refractivity (Wildman–Crippen MR) is 62.3 cm³/mol. The van der Waals surface area contributed by atoms with Crippen LogP contribution in [-0.4, -0.2) is 21.4 Å². The van der Waals surface area contributed by atoms with Gasteiger partial charge in [0.2, 0.25) is 5.88 Å². The number of rotatable bonds is 3. The summed E-state index contributed by atoms with van der Waals surface area (Å²) in [5, 5.41) is 4.39. The lowest BCUT2D eigenvalue weighted by atomic mass is 10.2. The van der Waals surface area contributed by atoms with E-state index in [1.165, 1.54) is 0 Å². The first-order valence-electron chi connectivity index (χ1n) is 5.30. The van der Waals surface area contributed by atoms with Crippen LogP contribution in [0.5, 0.6) is 5.88 Å². The number of pyridine rings is 1. The Morgan fingerprint density at radius 1 is 1.38 bits per heavy atom. The highest BCUT2D eigenvalue weighted by Crippen LogP contribution is 2.19. The first-order valence-corrected chi connectivity index (χ1v) is 5.30. The van der Waals surface area contributed by atoms with Gasteiger partial charge in [0.15, 0.2) is 0 Å². The van der Waals surface area contributed by atoms with Gasteiger partial charge in [-0.15, -0.1) is 0 Å². The molecule has 0 spiro atoms. The van der Waals surface area contributed by atoms with E-state index in [2.05, 4.69) is 10.1 Å². The minimum atomic E-state index is 0.634. The third-order valence-electron chi connectivity index (χ3n) is 2.44. The zero-order chi connectivity index (χ0) is 11.5. The summed E-state index contributed by atoms with van der Waals surface area (Å²) in [6.07, 6.45) is 1.78. The van der Waals surface area contributed by atoms with Crippen LogP contribution >= 0.6 is 0 Å². The van der Waals surface area contributed by atoms with Crippen LogP contribution in [0.15, 0.2) is 24.4 Å². The fourth-order valence-electron chi connectivity index (χ4n) is 1.47. The van der Waals surface area contributed by atoms with E-state index in [4.69, 9.17) is 4.74 Å². The van der Waals surface area contributed by atoms with Crippen molar-refractivity contribution in [2.75, 3.05) is 6.61 Å². The van der Waals surface area contributed by atoms with Crippen molar-refractivity contribution in [2.24, 2.45) is 7.05 Å². The molecule has 0 fully saturated rings. The van der Waals surface area contributed by atoms with Crippen LogP contribution in [0.1, 0.15) is 12.6 Å². The molecule has 0 aliphatic heterocycles. The Hall–Kier alpha value is -1.84. The lowest BCUT2D eigenvalue weighted by Crippen LogP contribution is -1.94. The molecule has 2 heterocycles. The highest BCUT2D eigenvalue weighted by molar-refractivity contribution is 5.58. The largest absolute Gasteiger partial charge is 0.478 e. The summed E-state index contributed by atoms with van der Waals surface area (Å²) in [5.41, 5.74) is 3.08. The zero-order valence-electron chi connectivity index (χ0n) is 9.77. The number of hydrogen-bond donors (Lipinski definition) is 0. The van der Waals surface area contributed by atoms with Crippen molar-refractivity contribution in [3.05, 3.63) is 30.1 Å². The van der Waals surface area contributed by atoms with Crippen molar-refractivity contribution < 1.29 is 4.74 Å². The molecule has 0 aliphatic carbocycles. The molecule has 0 saturated heterocycles. The van der Waals surface area contributed by atoms with E-state index in [1.807, 2.05) is 43.8 Å². The molecule has 0 atom stereocenters. The standard InChI is InChI=1S/C12H15N3O/c1-4-16-12-6-5-10(8-13-12)11-7-9(2)15(3)14-11/h5-8H,4H2,1-3H3. The van der Waals surface area contributed by atoms with Crippen LogP contribution in [0.25, 0.3) is 11.3 Å². The molecule has 16 heavy (non-hydrogen) atoms. The predicted octanol–water partition coefficient (Wildman–Crippen LogP) is 2.19. The SMILES string of the molecule is CCOc1ccc(-c2cc(C)n(C)n2)cn1. The fourth-order valence-corrected chi connectivity index (χ4v) is 1.47. The van der Waals surface area contributed by atoms with Crippen molar-refractivity contribution in [3.63, 3.8) is 0 Å². The summed E-state index contributed by atoms with van der Waals surface area (Å²) in [6, 6.07) is 5.87. The average Bonchev–Trinajstić information content (AvgIpc) is 2.61. The van der Waals surface area contributed by atoms with Crippen molar-refractivity contribution in [1.82, 2.24) is 14.8 Å². The molecule has 0 aromatic carbocycles. The lowest BCUT2D eigenvalue weighted by molar-refractivity contribution is 0.327. The minimum Gasteiger partial charge on any atom is -0.478 e. The van der Waals surface area contributed by atoms with Gasteiger partial charge in [0, 0.05) is 30.6 Å². The van der Waals surface area contributed by atoms with E-state index in [9.17, 15) is 0 Å². The number of nitrogens with zero attached hydrogens (tertiary/aromatic N) is 3. The van der Waals surface area contributed by atoms with Crippen LogP contribution in [0, 0.1) is 6.92 Å². The van der Waals surface area contributed by atoms with E-state index in [0.29, 0.717) is 12.5 Å². The zero-order valence-corrected chi connectivity index (χ0v) is 9.77. The van der Waals surface area contributed by atoms with E-state index < -0.39 is 0 Å². The summed E-state index contributed by atoms with van der Waals surface area (Å²) in [7, 11) is 1.93. The van der Waals surface area contributed by atoms with Gasteiger partial charge in [0.25, 0.3) is 0 Å². The second-order valence-corrected chi connectivity index (χ2v) is 3.61. The van der Waals surface area contributed by atoms with Crippen LogP contribution in [0.4, 0.5) is 0 Å².